The maximum Gasteiger partial charge on any atom is 0.157 e. The van der Waals surface area contributed by atoms with E-state index in [2.05, 4.69) is 0 Å². The summed E-state index contributed by atoms with van der Waals surface area (Å²) in [5, 5.41) is 27.7. The van der Waals surface area contributed by atoms with Crippen molar-refractivity contribution in [3.63, 3.8) is 0 Å². The van der Waals surface area contributed by atoms with E-state index in [1.807, 2.05) is 6.92 Å². The van der Waals surface area contributed by atoms with E-state index in [9.17, 15) is 15.0 Å². The van der Waals surface area contributed by atoms with Crippen molar-refractivity contribution >= 4 is 5.78 Å². The Hall–Kier alpha value is -1.55. The molecule has 1 aromatic rings. The van der Waals surface area contributed by atoms with Gasteiger partial charge in [-0.2, -0.15) is 0 Å². The molecule has 17 heavy (non-hydrogen) atoms. The molecule has 3 N–H and O–H groups in total. The van der Waals surface area contributed by atoms with Gasteiger partial charge in [0.2, 0.25) is 0 Å². The van der Waals surface area contributed by atoms with E-state index in [-0.39, 0.29) is 23.7 Å². The van der Waals surface area contributed by atoms with Gasteiger partial charge in [0, 0.05) is 12.8 Å². The average Bonchev–Trinajstić information content (AvgIpc) is 2.30. The third-order valence-electron chi connectivity index (χ3n) is 2.67. The number of carbonyl (C=O) groups excluding carboxylic acids is 1. The molecule has 1 rings (SSSR count). The van der Waals surface area contributed by atoms with E-state index in [4.69, 9.17) is 5.11 Å². The van der Waals surface area contributed by atoms with Crippen molar-refractivity contribution in [2.24, 2.45) is 0 Å². The lowest BCUT2D eigenvalue weighted by Crippen LogP contribution is -2.12. The first-order valence-electron chi connectivity index (χ1n) is 5.73. The minimum absolute atomic E-state index is 0.00640. The number of aliphatic hydroxyl groups is 1. The van der Waals surface area contributed by atoms with Gasteiger partial charge < -0.3 is 15.3 Å². The fraction of sp³-hybridized carbons (Fsp3) is 0.462. The van der Waals surface area contributed by atoms with Crippen LogP contribution in [0.5, 0.6) is 11.5 Å². The third-order valence-corrected chi connectivity index (χ3v) is 2.67. The summed E-state index contributed by atoms with van der Waals surface area (Å²) in [5.41, 5.74) is 0.791. The maximum atomic E-state index is 11.5. The average molecular weight is 238 g/mol. The zero-order chi connectivity index (χ0) is 12.8. The minimum Gasteiger partial charge on any atom is -0.504 e. The summed E-state index contributed by atoms with van der Waals surface area (Å²) in [4.78, 5) is 11.5. The van der Waals surface area contributed by atoms with E-state index in [1.165, 1.54) is 12.1 Å². The van der Waals surface area contributed by atoms with Crippen LogP contribution in [0.3, 0.4) is 0 Å². The number of benzene rings is 1. The molecule has 0 heterocycles. The van der Waals surface area contributed by atoms with Crippen molar-refractivity contribution < 1.29 is 20.1 Å². The van der Waals surface area contributed by atoms with Crippen molar-refractivity contribution in [1.82, 2.24) is 0 Å². The Morgan fingerprint density at radius 2 is 2.00 bits per heavy atom. The zero-order valence-electron chi connectivity index (χ0n) is 9.89. The highest BCUT2D eigenvalue weighted by Gasteiger charge is 2.09. The van der Waals surface area contributed by atoms with Gasteiger partial charge in [0.05, 0.1) is 6.10 Å². The number of hydrogen-bond donors (Lipinski definition) is 3. The van der Waals surface area contributed by atoms with Crippen molar-refractivity contribution in [2.75, 3.05) is 0 Å². The molecule has 0 amide bonds. The van der Waals surface area contributed by atoms with Crippen molar-refractivity contribution in [3.8, 4) is 11.5 Å². The number of carbonyl (C=O) groups is 1. The lowest BCUT2D eigenvalue weighted by atomic mass is 10.0. The number of ketones is 1. The summed E-state index contributed by atoms with van der Waals surface area (Å²) in [7, 11) is 0. The Bertz CT molecular complexity index is 387. The smallest absolute Gasteiger partial charge is 0.157 e. The molecule has 0 saturated heterocycles. The first kappa shape index (κ1) is 13.5. The molecule has 0 aliphatic heterocycles. The second kappa shape index (κ2) is 6.25. The topological polar surface area (TPSA) is 77.8 Å². The van der Waals surface area contributed by atoms with Gasteiger partial charge in [-0.3, -0.25) is 4.79 Å². The molecule has 1 aromatic carbocycles. The van der Waals surface area contributed by atoms with Gasteiger partial charge in [-0.25, -0.2) is 0 Å². The van der Waals surface area contributed by atoms with Crippen LogP contribution in [0, 0.1) is 0 Å². The second-order valence-corrected chi connectivity index (χ2v) is 4.13. The summed E-state index contributed by atoms with van der Waals surface area (Å²) in [6.45, 7) is 1.83. The fourth-order valence-corrected chi connectivity index (χ4v) is 1.52. The molecule has 0 fully saturated rings. The van der Waals surface area contributed by atoms with Gasteiger partial charge >= 0.3 is 0 Å². The Morgan fingerprint density at radius 1 is 1.29 bits per heavy atom. The highest BCUT2D eigenvalue weighted by atomic mass is 16.3. The molecule has 1 unspecified atom stereocenters. The Morgan fingerprint density at radius 3 is 2.59 bits per heavy atom. The SMILES string of the molecule is CCC(O)CC(=O)CCc1ccc(O)c(O)c1. The molecule has 0 radical (unpaired) electrons. The van der Waals surface area contributed by atoms with E-state index in [1.54, 1.807) is 6.07 Å². The van der Waals surface area contributed by atoms with Crippen LogP contribution in [-0.4, -0.2) is 27.2 Å². The minimum atomic E-state index is -0.560. The summed E-state index contributed by atoms with van der Waals surface area (Å²) in [5.74, 6) is -0.336. The largest absolute Gasteiger partial charge is 0.504 e. The van der Waals surface area contributed by atoms with Gasteiger partial charge in [-0.1, -0.05) is 13.0 Å². The molecule has 0 saturated carbocycles. The second-order valence-electron chi connectivity index (χ2n) is 4.13. The van der Waals surface area contributed by atoms with Gasteiger partial charge in [0.15, 0.2) is 11.5 Å². The van der Waals surface area contributed by atoms with Gasteiger partial charge in [0.25, 0.3) is 0 Å². The molecule has 1 atom stereocenters. The maximum absolute atomic E-state index is 11.5. The van der Waals surface area contributed by atoms with Crippen LogP contribution < -0.4 is 0 Å². The van der Waals surface area contributed by atoms with Crippen molar-refractivity contribution in [3.05, 3.63) is 23.8 Å². The number of hydrogen-bond acceptors (Lipinski definition) is 4. The lowest BCUT2D eigenvalue weighted by Gasteiger charge is -2.07. The fourth-order valence-electron chi connectivity index (χ4n) is 1.52. The summed E-state index contributed by atoms with van der Waals surface area (Å²) < 4.78 is 0. The predicted octanol–water partition coefficient (Wildman–Crippen LogP) is 1.76. The number of Topliss-reactive ketones (excluding diaryl/α,β-unsaturated/α-hetero) is 1. The number of rotatable bonds is 6. The Balaban J connectivity index is 2.45. The van der Waals surface area contributed by atoms with Crippen LogP contribution in [0.15, 0.2) is 18.2 Å². The molecule has 4 nitrogen and oxygen atoms in total. The number of aliphatic hydroxyl groups excluding tert-OH is 1. The van der Waals surface area contributed by atoms with E-state index in [0.717, 1.165) is 5.56 Å². The van der Waals surface area contributed by atoms with E-state index >= 15 is 0 Å². The standard InChI is InChI=1S/C13H18O4/c1-2-10(14)8-11(15)5-3-9-4-6-12(16)13(17)7-9/h4,6-7,10,14,16-17H,2-3,5,8H2,1H3. The van der Waals surface area contributed by atoms with E-state index in [0.29, 0.717) is 19.3 Å². The highest BCUT2D eigenvalue weighted by molar-refractivity contribution is 5.79. The summed E-state index contributed by atoms with van der Waals surface area (Å²) in [6.07, 6.45) is 1.03. The van der Waals surface area contributed by atoms with Crippen LogP contribution in [-0.2, 0) is 11.2 Å². The first-order valence-corrected chi connectivity index (χ1v) is 5.73. The van der Waals surface area contributed by atoms with Gasteiger partial charge in [-0.15, -0.1) is 0 Å². The molecular formula is C13H18O4. The van der Waals surface area contributed by atoms with Crippen molar-refractivity contribution in [1.29, 1.82) is 0 Å². The molecule has 4 heteroatoms. The summed E-state index contributed by atoms with van der Waals surface area (Å²) in [6, 6.07) is 4.51. The molecule has 94 valence electrons. The van der Waals surface area contributed by atoms with Crippen molar-refractivity contribution in [2.45, 2.75) is 38.7 Å². The monoisotopic (exact) mass is 238 g/mol. The van der Waals surface area contributed by atoms with Crippen LogP contribution in [0.2, 0.25) is 0 Å². The zero-order valence-corrected chi connectivity index (χ0v) is 9.89. The van der Waals surface area contributed by atoms with Crippen LogP contribution in [0.4, 0.5) is 0 Å². The molecule has 0 aliphatic rings. The number of phenols is 2. The number of aryl methyl sites for hydroxylation is 1. The first-order chi connectivity index (χ1) is 8.02. The quantitative estimate of drug-likeness (QED) is 0.660. The van der Waals surface area contributed by atoms with Crippen LogP contribution >= 0.6 is 0 Å². The van der Waals surface area contributed by atoms with Gasteiger partial charge in [-0.05, 0) is 30.5 Å². The van der Waals surface area contributed by atoms with E-state index < -0.39 is 6.10 Å². The Labute approximate surface area is 101 Å². The molecule has 0 aliphatic carbocycles. The number of phenolic OH excluding ortho intramolecular Hbond substituents is 2. The molecule has 0 spiro atoms. The molecule has 0 aromatic heterocycles. The normalized spacial score (nSPS) is 12.4. The predicted molar refractivity (Wildman–Crippen MR) is 64.0 cm³/mol. The van der Waals surface area contributed by atoms with Crippen LogP contribution in [0.25, 0.3) is 0 Å². The molecule has 0 bridgehead atoms. The number of aromatic hydroxyl groups is 2. The lowest BCUT2D eigenvalue weighted by molar-refractivity contribution is -0.120. The highest BCUT2D eigenvalue weighted by Crippen LogP contribution is 2.25. The summed E-state index contributed by atoms with van der Waals surface area (Å²) >= 11 is 0. The third kappa shape index (κ3) is 4.44. The van der Waals surface area contributed by atoms with Crippen LogP contribution in [0.1, 0.15) is 31.7 Å². The van der Waals surface area contributed by atoms with Gasteiger partial charge in [0.1, 0.15) is 5.78 Å². The Kier molecular flexibility index (Phi) is 4.97. The molecular weight excluding hydrogens is 220 g/mol.